The molecule has 1 amide bonds. The molecule has 28 heavy (non-hydrogen) atoms. The maximum absolute atomic E-state index is 12.7. The average molecular weight is 378 g/mol. The molecule has 0 spiro atoms. The fraction of sp³-hybridized carbons (Fsp3) is 0.400. The molecule has 0 aliphatic carbocycles. The van der Waals surface area contributed by atoms with Gasteiger partial charge in [0.15, 0.2) is 0 Å². The van der Waals surface area contributed by atoms with Crippen molar-refractivity contribution in [3.63, 3.8) is 0 Å². The molecule has 8 heteroatoms. The molecule has 0 saturated carbocycles. The molecule has 8 nitrogen and oxygen atoms in total. The van der Waals surface area contributed by atoms with Crippen molar-refractivity contribution in [2.75, 3.05) is 62.3 Å². The van der Waals surface area contributed by atoms with E-state index in [2.05, 4.69) is 25.8 Å². The second-order valence-electron chi connectivity index (χ2n) is 6.80. The summed E-state index contributed by atoms with van der Waals surface area (Å²) in [5, 5.41) is 8.89. The van der Waals surface area contributed by atoms with Crippen LogP contribution in [0.4, 0.5) is 11.6 Å². The molecule has 0 bridgehead atoms. The number of ether oxygens (including phenoxy) is 1. The van der Waals surface area contributed by atoms with E-state index >= 15 is 0 Å². The molecule has 2 fully saturated rings. The van der Waals surface area contributed by atoms with Gasteiger partial charge >= 0.3 is 0 Å². The summed E-state index contributed by atoms with van der Waals surface area (Å²) in [6.07, 6.45) is 1.61. The summed E-state index contributed by atoms with van der Waals surface area (Å²) in [6, 6.07) is 10.9. The highest BCUT2D eigenvalue weighted by molar-refractivity contribution is 5.94. The van der Waals surface area contributed by atoms with Crippen molar-refractivity contribution in [3.8, 4) is 6.07 Å². The van der Waals surface area contributed by atoms with Crippen LogP contribution in [-0.2, 0) is 4.74 Å². The Bertz CT molecular complexity index is 865. The normalized spacial score (nSPS) is 17.3. The monoisotopic (exact) mass is 378 g/mol. The Morgan fingerprint density at radius 1 is 0.929 bits per heavy atom. The van der Waals surface area contributed by atoms with Crippen molar-refractivity contribution in [1.29, 1.82) is 5.26 Å². The summed E-state index contributed by atoms with van der Waals surface area (Å²) < 4.78 is 5.40. The summed E-state index contributed by atoms with van der Waals surface area (Å²) in [4.78, 5) is 27.8. The topological polar surface area (TPSA) is 85.6 Å². The minimum atomic E-state index is 0.000771. The summed E-state index contributed by atoms with van der Waals surface area (Å²) >= 11 is 0. The predicted octanol–water partition coefficient (Wildman–Crippen LogP) is 1.15. The maximum atomic E-state index is 12.7. The zero-order valence-corrected chi connectivity index (χ0v) is 15.6. The number of hydrogen-bond acceptors (Lipinski definition) is 7. The first kappa shape index (κ1) is 18.2. The Labute approximate surface area is 164 Å². The third-order valence-corrected chi connectivity index (χ3v) is 5.13. The first-order valence-corrected chi connectivity index (χ1v) is 9.44. The number of amides is 1. The average Bonchev–Trinajstić information content (AvgIpc) is 2.79. The Balaban J connectivity index is 1.38. The zero-order chi connectivity index (χ0) is 19.3. The first-order valence-electron chi connectivity index (χ1n) is 9.44. The van der Waals surface area contributed by atoms with Crippen molar-refractivity contribution in [1.82, 2.24) is 14.9 Å². The van der Waals surface area contributed by atoms with Gasteiger partial charge in [0.05, 0.1) is 24.8 Å². The lowest BCUT2D eigenvalue weighted by molar-refractivity contribution is 0.0746. The van der Waals surface area contributed by atoms with Crippen LogP contribution in [0.5, 0.6) is 0 Å². The molecular weight excluding hydrogens is 356 g/mol. The number of nitrogens with zero attached hydrogens (tertiary/aromatic N) is 6. The molecule has 0 unspecified atom stereocenters. The van der Waals surface area contributed by atoms with Gasteiger partial charge in [0, 0.05) is 50.9 Å². The third kappa shape index (κ3) is 3.89. The summed E-state index contributed by atoms with van der Waals surface area (Å²) in [5.74, 6) is 1.81. The van der Waals surface area contributed by atoms with E-state index < -0.39 is 0 Å². The Hall–Kier alpha value is -3.18. The lowest BCUT2D eigenvalue weighted by atomic mass is 10.1. The summed E-state index contributed by atoms with van der Waals surface area (Å²) in [7, 11) is 0. The lowest BCUT2D eigenvalue weighted by Crippen LogP contribution is -2.49. The molecule has 3 heterocycles. The maximum Gasteiger partial charge on any atom is 0.253 e. The standard InChI is InChI=1S/C20H22N6O2/c21-14-16-1-3-17(4-2-16)20(27)26-7-5-24(6-8-26)18-13-19(23-15-22-18)25-9-11-28-12-10-25/h1-4,13,15H,5-12H2. The van der Waals surface area contributed by atoms with Gasteiger partial charge < -0.3 is 19.4 Å². The van der Waals surface area contributed by atoms with Gasteiger partial charge in [-0.2, -0.15) is 5.26 Å². The van der Waals surface area contributed by atoms with Crippen molar-refractivity contribution in [2.24, 2.45) is 0 Å². The van der Waals surface area contributed by atoms with Crippen LogP contribution >= 0.6 is 0 Å². The number of rotatable bonds is 3. The highest BCUT2D eigenvalue weighted by atomic mass is 16.5. The molecular formula is C20H22N6O2. The molecule has 1 aromatic heterocycles. The van der Waals surface area contributed by atoms with Crippen LogP contribution in [0.25, 0.3) is 0 Å². The quantitative estimate of drug-likeness (QED) is 0.792. The second-order valence-corrected chi connectivity index (χ2v) is 6.80. The van der Waals surface area contributed by atoms with E-state index in [1.165, 1.54) is 0 Å². The van der Waals surface area contributed by atoms with Gasteiger partial charge in [0.1, 0.15) is 18.0 Å². The van der Waals surface area contributed by atoms with Crippen molar-refractivity contribution in [2.45, 2.75) is 0 Å². The van der Waals surface area contributed by atoms with E-state index in [0.29, 0.717) is 24.2 Å². The molecule has 2 aromatic rings. The van der Waals surface area contributed by atoms with Crippen LogP contribution in [0.2, 0.25) is 0 Å². The number of anilines is 2. The van der Waals surface area contributed by atoms with Crippen molar-refractivity contribution < 1.29 is 9.53 Å². The van der Waals surface area contributed by atoms with E-state index in [1.54, 1.807) is 30.6 Å². The number of piperazine rings is 1. The highest BCUT2D eigenvalue weighted by Crippen LogP contribution is 2.20. The van der Waals surface area contributed by atoms with Gasteiger partial charge in [-0.15, -0.1) is 0 Å². The van der Waals surface area contributed by atoms with Gasteiger partial charge in [0.25, 0.3) is 5.91 Å². The van der Waals surface area contributed by atoms with Crippen LogP contribution in [0.3, 0.4) is 0 Å². The van der Waals surface area contributed by atoms with E-state index in [9.17, 15) is 4.79 Å². The number of carbonyl (C=O) groups excluding carboxylic acids is 1. The minimum Gasteiger partial charge on any atom is -0.378 e. The predicted molar refractivity (Wildman–Crippen MR) is 104 cm³/mol. The molecule has 0 N–H and O–H groups in total. The number of nitriles is 1. The molecule has 0 radical (unpaired) electrons. The molecule has 0 atom stereocenters. The number of morpholine rings is 1. The Morgan fingerprint density at radius 2 is 1.54 bits per heavy atom. The van der Waals surface area contributed by atoms with Gasteiger partial charge in [-0.25, -0.2) is 9.97 Å². The van der Waals surface area contributed by atoms with Crippen molar-refractivity contribution in [3.05, 3.63) is 47.8 Å². The van der Waals surface area contributed by atoms with Crippen LogP contribution in [0.1, 0.15) is 15.9 Å². The van der Waals surface area contributed by atoms with E-state index in [-0.39, 0.29) is 5.91 Å². The van der Waals surface area contributed by atoms with Gasteiger partial charge in [0.2, 0.25) is 0 Å². The fourth-order valence-electron chi connectivity index (χ4n) is 3.48. The van der Waals surface area contributed by atoms with E-state index in [0.717, 1.165) is 51.0 Å². The number of carbonyl (C=O) groups is 1. The fourth-order valence-corrected chi connectivity index (χ4v) is 3.48. The summed E-state index contributed by atoms with van der Waals surface area (Å²) in [5.41, 5.74) is 1.17. The SMILES string of the molecule is N#Cc1ccc(C(=O)N2CCN(c3cc(N4CCOCC4)ncn3)CC2)cc1. The number of aromatic nitrogens is 2. The molecule has 4 rings (SSSR count). The molecule has 2 aliphatic rings. The molecule has 2 aliphatic heterocycles. The van der Waals surface area contributed by atoms with Crippen LogP contribution in [0, 0.1) is 11.3 Å². The largest absolute Gasteiger partial charge is 0.378 e. The van der Waals surface area contributed by atoms with E-state index in [1.807, 2.05) is 11.0 Å². The van der Waals surface area contributed by atoms with E-state index in [4.69, 9.17) is 10.00 Å². The van der Waals surface area contributed by atoms with Crippen LogP contribution in [-0.4, -0.2) is 73.3 Å². The van der Waals surface area contributed by atoms with Gasteiger partial charge in [-0.05, 0) is 24.3 Å². The highest BCUT2D eigenvalue weighted by Gasteiger charge is 2.23. The van der Waals surface area contributed by atoms with Gasteiger partial charge in [-0.1, -0.05) is 0 Å². The molecule has 1 aromatic carbocycles. The zero-order valence-electron chi connectivity index (χ0n) is 15.6. The molecule has 2 saturated heterocycles. The Kier molecular flexibility index (Phi) is 5.35. The lowest BCUT2D eigenvalue weighted by Gasteiger charge is -2.36. The first-order chi connectivity index (χ1) is 13.7. The second kappa shape index (κ2) is 8.23. The minimum absolute atomic E-state index is 0.000771. The van der Waals surface area contributed by atoms with Gasteiger partial charge in [-0.3, -0.25) is 4.79 Å². The summed E-state index contributed by atoms with van der Waals surface area (Å²) in [6.45, 7) is 5.83. The van der Waals surface area contributed by atoms with Crippen molar-refractivity contribution >= 4 is 17.5 Å². The number of hydrogen-bond donors (Lipinski definition) is 0. The third-order valence-electron chi connectivity index (χ3n) is 5.13. The Morgan fingerprint density at radius 3 is 2.14 bits per heavy atom. The number of benzene rings is 1. The smallest absolute Gasteiger partial charge is 0.253 e. The molecule has 144 valence electrons. The van der Waals surface area contributed by atoms with Crippen LogP contribution in [0.15, 0.2) is 36.7 Å². The van der Waals surface area contributed by atoms with Crippen LogP contribution < -0.4 is 9.80 Å².